The molecule has 3 aromatic rings. The number of carbonyl (C=O) groups is 2. The van der Waals surface area contributed by atoms with Gasteiger partial charge in [-0.3, -0.25) is 4.79 Å². The van der Waals surface area contributed by atoms with Crippen molar-refractivity contribution in [3.05, 3.63) is 64.0 Å². The Bertz CT molecular complexity index is 935. The number of fused-ring (bicyclic) bond motifs is 1. The minimum Gasteiger partial charge on any atom is -0.464 e. The summed E-state index contributed by atoms with van der Waals surface area (Å²) >= 11 is 3.36. The first kappa shape index (κ1) is 16.2. The number of esters is 1. The smallest absolute Gasteiger partial charge is 0.356 e. The highest BCUT2D eigenvalue weighted by molar-refractivity contribution is 9.10. The van der Waals surface area contributed by atoms with E-state index in [1.807, 2.05) is 6.07 Å². The van der Waals surface area contributed by atoms with Gasteiger partial charge in [0, 0.05) is 20.9 Å². The van der Waals surface area contributed by atoms with E-state index < -0.39 is 17.7 Å². The Morgan fingerprint density at radius 3 is 2.54 bits per heavy atom. The number of amides is 1. The second-order valence-electron chi connectivity index (χ2n) is 5.02. The Morgan fingerprint density at radius 2 is 1.88 bits per heavy atom. The van der Waals surface area contributed by atoms with Gasteiger partial charge in [-0.1, -0.05) is 15.9 Å². The van der Waals surface area contributed by atoms with Crippen molar-refractivity contribution in [2.45, 2.75) is 0 Å². The molecule has 0 aliphatic heterocycles. The van der Waals surface area contributed by atoms with Gasteiger partial charge in [0.15, 0.2) is 0 Å². The van der Waals surface area contributed by atoms with Crippen molar-refractivity contribution in [1.29, 1.82) is 0 Å². The summed E-state index contributed by atoms with van der Waals surface area (Å²) in [6.45, 7) is 0. The third-order valence-electron chi connectivity index (χ3n) is 3.50. The van der Waals surface area contributed by atoms with Gasteiger partial charge in [0.25, 0.3) is 5.91 Å². The molecule has 0 unspecified atom stereocenters. The van der Waals surface area contributed by atoms with Gasteiger partial charge in [-0.25, -0.2) is 9.18 Å². The number of H-pyrrole nitrogens is 1. The van der Waals surface area contributed by atoms with E-state index in [4.69, 9.17) is 4.74 Å². The van der Waals surface area contributed by atoms with Crippen LogP contribution in [0.1, 0.15) is 20.8 Å². The quantitative estimate of drug-likeness (QED) is 0.661. The molecule has 2 N–H and O–H groups in total. The van der Waals surface area contributed by atoms with Crippen molar-refractivity contribution in [1.82, 2.24) is 4.98 Å². The van der Waals surface area contributed by atoms with Crippen LogP contribution in [0.2, 0.25) is 0 Å². The maximum Gasteiger partial charge on any atom is 0.356 e. The molecule has 122 valence electrons. The highest BCUT2D eigenvalue weighted by Crippen LogP contribution is 2.31. The molecule has 0 saturated heterocycles. The maximum absolute atomic E-state index is 13.0. The lowest BCUT2D eigenvalue weighted by atomic mass is 10.1. The van der Waals surface area contributed by atoms with Crippen molar-refractivity contribution in [2.75, 3.05) is 12.4 Å². The normalized spacial score (nSPS) is 10.6. The second-order valence-corrected chi connectivity index (χ2v) is 5.93. The van der Waals surface area contributed by atoms with Crippen LogP contribution in [-0.2, 0) is 4.74 Å². The fourth-order valence-corrected chi connectivity index (χ4v) is 2.70. The minimum absolute atomic E-state index is 0.140. The van der Waals surface area contributed by atoms with Gasteiger partial charge in [0.05, 0.1) is 12.8 Å². The van der Waals surface area contributed by atoms with E-state index in [-0.39, 0.29) is 11.3 Å². The highest BCUT2D eigenvalue weighted by atomic mass is 79.9. The standard InChI is InChI=1S/C17H12BrFN2O3/c1-24-17(23)15-14(12-8-10(18)4-7-13(12)20-15)21-16(22)9-2-5-11(19)6-3-9/h2-8,20H,1H3,(H,21,22). The van der Waals surface area contributed by atoms with Crippen LogP contribution in [-0.4, -0.2) is 24.0 Å². The van der Waals surface area contributed by atoms with Gasteiger partial charge in [-0.05, 0) is 42.5 Å². The fourth-order valence-electron chi connectivity index (χ4n) is 2.34. The molecule has 0 radical (unpaired) electrons. The van der Waals surface area contributed by atoms with Crippen LogP contribution < -0.4 is 5.32 Å². The predicted molar refractivity (Wildman–Crippen MR) is 91.7 cm³/mol. The molecule has 3 rings (SSSR count). The Morgan fingerprint density at radius 1 is 1.17 bits per heavy atom. The highest BCUT2D eigenvalue weighted by Gasteiger charge is 2.21. The number of rotatable bonds is 3. The van der Waals surface area contributed by atoms with Gasteiger partial charge >= 0.3 is 5.97 Å². The molecule has 1 aromatic heterocycles. The van der Waals surface area contributed by atoms with Gasteiger partial charge in [-0.15, -0.1) is 0 Å². The van der Waals surface area contributed by atoms with E-state index in [1.165, 1.54) is 31.4 Å². The number of ether oxygens (including phenoxy) is 1. The molecular weight excluding hydrogens is 379 g/mol. The van der Waals surface area contributed by atoms with Crippen LogP contribution >= 0.6 is 15.9 Å². The summed E-state index contributed by atoms with van der Waals surface area (Å²) in [5, 5.41) is 3.35. The van der Waals surface area contributed by atoms with E-state index in [1.54, 1.807) is 12.1 Å². The third-order valence-corrected chi connectivity index (χ3v) is 3.99. The molecule has 1 heterocycles. The molecule has 0 aliphatic carbocycles. The lowest BCUT2D eigenvalue weighted by Gasteiger charge is -2.07. The lowest BCUT2D eigenvalue weighted by molar-refractivity contribution is 0.0596. The van der Waals surface area contributed by atoms with Gasteiger partial charge in [0.2, 0.25) is 0 Å². The summed E-state index contributed by atoms with van der Waals surface area (Å²) in [5.74, 6) is -1.49. The van der Waals surface area contributed by atoms with Gasteiger partial charge in [-0.2, -0.15) is 0 Å². The summed E-state index contributed by atoms with van der Waals surface area (Å²) in [7, 11) is 1.26. The lowest BCUT2D eigenvalue weighted by Crippen LogP contribution is -2.15. The number of nitrogens with one attached hydrogen (secondary N) is 2. The fraction of sp³-hybridized carbons (Fsp3) is 0.0588. The topological polar surface area (TPSA) is 71.2 Å². The van der Waals surface area contributed by atoms with Gasteiger partial charge < -0.3 is 15.0 Å². The molecule has 0 atom stereocenters. The predicted octanol–water partition coefficient (Wildman–Crippen LogP) is 4.11. The number of hydrogen-bond acceptors (Lipinski definition) is 3. The van der Waals surface area contributed by atoms with Crippen molar-refractivity contribution in [3.63, 3.8) is 0 Å². The molecule has 0 spiro atoms. The average Bonchev–Trinajstić information content (AvgIpc) is 2.92. The monoisotopic (exact) mass is 390 g/mol. The van der Waals surface area contributed by atoms with Crippen LogP contribution in [0.15, 0.2) is 46.9 Å². The van der Waals surface area contributed by atoms with Crippen molar-refractivity contribution >= 4 is 44.4 Å². The van der Waals surface area contributed by atoms with Crippen LogP contribution in [0.5, 0.6) is 0 Å². The summed E-state index contributed by atoms with van der Waals surface area (Å²) in [6, 6.07) is 10.5. The maximum atomic E-state index is 13.0. The molecule has 1 amide bonds. The van der Waals surface area contributed by atoms with E-state index in [9.17, 15) is 14.0 Å². The minimum atomic E-state index is -0.600. The molecule has 2 aromatic carbocycles. The number of benzene rings is 2. The van der Waals surface area contributed by atoms with E-state index in [0.29, 0.717) is 16.6 Å². The Balaban J connectivity index is 2.06. The molecule has 0 aliphatic rings. The largest absolute Gasteiger partial charge is 0.464 e. The first-order valence-corrected chi connectivity index (χ1v) is 7.75. The number of methoxy groups -OCH3 is 1. The van der Waals surface area contributed by atoms with Crippen LogP contribution in [0.3, 0.4) is 0 Å². The van der Waals surface area contributed by atoms with Crippen LogP contribution in [0.4, 0.5) is 10.1 Å². The Kier molecular flexibility index (Phi) is 4.35. The zero-order valence-electron chi connectivity index (χ0n) is 12.5. The van der Waals surface area contributed by atoms with Gasteiger partial charge in [0.1, 0.15) is 11.5 Å². The molecular formula is C17H12BrFN2O3. The summed E-state index contributed by atoms with van der Waals surface area (Å²) < 4.78 is 18.5. The number of anilines is 1. The molecule has 7 heteroatoms. The third kappa shape index (κ3) is 3.03. The summed E-state index contributed by atoms with van der Waals surface area (Å²) in [6.07, 6.45) is 0. The first-order valence-electron chi connectivity index (χ1n) is 6.96. The first-order chi connectivity index (χ1) is 11.5. The molecule has 0 saturated carbocycles. The number of carbonyl (C=O) groups excluding carboxylic acids is 2. The zero-order chi connectivity index (χ0) is 17.3. The molecule has 0 bridgehead atoms. The molecule has 5 nitrogen and oxygen atoms in total. The number of hydrogen-bond donors (Lipinski definition) is 2. The SMILES string of the molecule is COC(=O)c1[nH]c2ccc(Br)cc2c1NC(=O)c1ccc(F)cc1. The Labute approximate surface area is 144 Å². The molecule has 24 heavy (non-hydrogen) atoms. The number of aromatic amines is 1. The second kappa shape index (κ2) is 6.45. The van der Waals surface area contributed by atoms with Crippen molar-refractivity contribution < 1.29 is 18.7 Å². The van der Waals surface area contributed by atoms with Crippen LogP contribution in [0.25, 0.3) is 10.9 Å². The van der Waals surface area contributed by atoms with E-state index in [0.717, 1.165) is 4.47 Å². The summed E-state index contributed by atoms with van der Waals surface area (Å²) in [4.78, 5) is 27.3. The number of halogens is 2. The van der Waals surface area contributed by atoms with E-state index in [2.05, 4.69) is 26.2 Å². The van der Waals surface area contributed by atoms with Crippen LogP contribution in [0, 0.1) is 5.82 Å². The zero-order valence-corrected chi connectivity index (χ0v) is 14.1. The van der Waals surface area contributed by atoms with E-state index >= 15 is 0 Å². The number of aromatic nitrogens is 1. The molecule has 0 fully saturated rings. The summed E-state index contributed by atoms with van der Waals surface area (Å²) in [5.41, 5.74) is 1.40. The van der Waals surface area contributed by atoms with Crippen molar-refractivity contribution in [3.8, 4) is 0 Å². The Hall–Kier alpha value is -2.67. The average molecular weight is 391 g/mol. The van der Waals surface area contributed by atoms with Crippen molar-refractivity contribution in [2.24, 2.45) is 0 Å².